The average molecular weight is 256 g/mol. The van der Waals surface area contributed by atoms with Crippen molar-refractivity contribution in [3.63, 3.8) is 0 Å². The lowest BCUT2D eigenvalue weighted by molar-refractivity contribution is -0.142. The summed E-state index contributed by atoms with van der Waals surface area (Å²) >= 11 is 1.63. The molecule has 94 valence electrons. The zero-order chi connectivity index (χ0) is 12.9. The fourth-order valence-corrected chi connectivity index (χ4v) is 1.84. The molecule has 0 unspecified atom stereocenters. The van der Waals surface area contributed by atoms with Gasteiger partial charge in [-0.3, -0.25) is 0 Å². The van der Waals surface area contributed by atoms with Crippen LogP contribution in [0.25, 0.3) is 0 Å². The van der Waals surface area contributed by atoms with Crippen LogP contribution in [0, 0.1) is 0 Å². The highest BCUT2D eigenvalue weighted by molar-refractivity contribution is 7.09. The van der Waals surface area contributed by atoms with Crippen LogP contribution < -0.4 is 10.6 Å². The molecular weight excluding hydrogens is 240 g/mol. The summed E-state index contributed by atoms with van der Waals surface area (Å²) in [5, 5.41) is 15.8. The van der Waals surface area contributed by atoms with E-state index in [-0.39, 0.29) is 0 Å². The minimum atomic E-state index is -1.26. The molecule has 1 aromatic rings. The molecule has 0 aliphatic carbocycles. The van der Waals surface area contributed by atoms with Crippen molar-refractivity contribution in [1.82, 2.24) is 10.6 Å². The van der Waals surface area contributed by atoms with Gasteiger partial charge in [0.25, 0.3) is 0 Å². The van der Waals surface area contributed by atoms with E-state index in [1.807, 2.05) is 17.5 Å². The molecule has 5 nitrogen and oxygen atoms in total. The third kappa shape index (κ3) is 4.44. The fourth-order valence-electron chi connectivity index (χ4n) is 1.14. The van der Waals surface area contributed by atoms with Gasteiger partial charge in [-0.05, 0) is 31.7 Å². The molecule has 1 rings (SSSR count). The predicted molar refractivity (Wildman–Crippen MR) is 66.3 cm³/mol. The largest absolute Gasteiger partial charge is 0.480 e. The highest BCUT2D eigenvalue weighted by Gasteiger charge is 2.28. The minimum Gasteiger partial charge on any atom is -0.480 e. The Kier molecular flexibility index (Phi) is 4.51. The van der Waals surface area contributed by atoms with Crippen molar-refractivity contribution in [3.05, 3.63) is 22.4 Å². The molecule has 1 heterocycles. The topological polar surface area (TPSA) is 78.4 Å². The molecule has 0 saturated heterocycles. The molecule has 3 N–H and O–H groups in total. The minimum absolute atomic E-state index is 0.464. The van der Waals surface area contributed by atoms with Crippen molar-refractivity contribution in [3.8, 4) is 0 Å². The highest BCUT2D eigenvalue weighted by Crippen LogP contribution is 2.08. The summed E-state index contributed by atoms with van der Waals surface area (Å²) < 4.78 is 0. The highest BCUT2D eigenvalue weighted by atomic mass is 32.1. The quantitative estimate of drug-likeness (QED) is 0.746. The van der Waals surface area contributed by atoms with Crippen LogP contribution in [0.5, 0.6) is 0 Å². The van der Waals surface area contributed by atoms with Gasteiger partial charge in [0.15, 0.2) is 0 Å². The number of aliphatic carboxylic acids is 1. The number of hydrogen-bond donors (Lipinski definition) is 3. The molecule has 2 amide bonds. The monoisotopic (exact) mass is 256 g/mol. The van der Waals surface area contributed by atoms with Gasteiger partial charge in [-0.15, -0.1) is 11.3 Å². The van der Waals surface area contributed by atoms with Crippen LogP contribution in [-0.4, -0.2) is 29.2 Å². The standard InChI is InChI=1S/C11H16N2O3S/c1-11(2,9(14)15)13-10(16)12-6-5-8-4-3-7-17-8/h3-4,7H,5-6H2,1-2H3,(H,14,15)(H2,12,13,16). The van der Waals surface area contributed by atoms with Crippen molar-refractivity contribution in [1.29, 1.82) is 0 Å². The molecule has 0 bridgehead atoms. The number of thiophene rings is 1. The lowest BCUT2D eigenvalue weighted by Gasteiger charge is -2.21. The summed E-state index contributed by atoms with van der Waals surface area (Å²) in [5.41, 5.74) is -1.26. The van der Waals surface area contributed by atoms with E-state index in [2.05, 4.69) is 10.6 Å². The van der Waals surface area contributed by atoms with Crippen molar-refractivity contribution in [2.24, 2.45) is 0 Å². The molecule has 0 atom stereocenters. The van der Waals surface area contributed by atoms with Crippen LogP contribution in [0.4, 0.5) is 4.79 Å². The maximum atomic E-state index is 11.4. The van der Waals surface area contributed by atoms with Gasteiger partial charge in [-0.1, -0.05) is 6.07 Å². The van der Waals surface area contributed by atoms with Crippen LogP contribution >= 0.6 is 11.3 Å². The van der Waals surface area contributed by atoms with E-state index in [1.54, 1.807) is 11.3 Å². The number of carbonyl (C=O) groups is 2. The summed E-state index contributed by atoms with van der Waals surface area (Å²) in [6.45, 7) is 3.37. The number of carbonyl (C=O) groups excluding carboxylic acids is 1. The normalized spacial score (nSPS) is 10.9. The fraction of sp³-hybridized carbons (Fsp3) is 0.455. The second kappa shape index (κ2) is 5.67. The molecular formula is C11H16N2O3S. The Hall–Kier alpha value is -1.56. The Morgan fingerprint density at radius 3 is 2.71 bits per heavy atom. The Bertz CT molecular complexity index is 387. The number of hydrogen-bond acceptors (Lipinski definition) is 3. The van der Waals surface area contributed by atoms with Crippen molar-refractivity contribution >= 4 is 23.3 Å². The van der Waals surface area contributed by atoms with Crippen molar-refractivity contribution in [2.75, 3.05) is 6.54 Å². The van der Waals surface area contributed by atoms with E-state index in [9.17, 15) is 9.59 Å². The molecule has 0 radical (unpaired) electrons. The number of carboxylic acid groups (broad SMARTS) is 1. The van der Waals surface area contributed by atoms with Gasteiger partial charge in [0.05, 0.1) is 0 Å². The van der Waals surface area contributed by atoms with Gasteiger partial charge in [-0.2, -0.15) is 0 Å². The molecule has 0 spiro atoms. The van der Waals surface area contributed by atoms with Crippen LogP contribution in [0.3, 0.4) is 0 Å². The Morgan fingerprint density at radius 2 is 2.18 bits per heavy atom. The van der Waals surface area contributed by atoms with Gasteiger partial charge in [0.2, 0.25) is 0 Å². The summed E-state index contributed by atoms with van der Waals surface area (Å²) in [4.78, 5) is 23.4. The first-order valence-electron chi connectivity index (χ1n) is 5.23. The number of rotatable bonds is 5. The average Bonchev–Trinajstić information content (AvgIpc) is 2.69. The Labute approximate surface area is 104 Å². The van der Waals surface area contributed by atoms with Crippen LogP contribution in [-0.2, 0) is 11.2 Å². The number of amides is 2. The first kappa shape index (κ1) is 13.5. The van der Waals surface area contributed by atoms with Gasteiger partial charge < -0.3 is 15.7 Å². The summed E-state index contributed by atoms with van der Waals surface area (Å²) in [6.07, 6.45) is 0.749. The predicted octanol–water partition coefficient (Wildman–Crippen LogP) is 1.45. The van der Waals surface area contributed by atoms with Crippen molar-refractivity contribution < 1.29 is 14.7 Å². The lowest BCUT2D eigenvalue weighted by Crippen LogP contribution is -2.53. The number of carboxylic acids is 1. The van der Waals surface area contributed by atoms with E-state index in [4.69, 9.17) is 5.11 Å². The molecule has 0 aromatic carbocycles. The molecule has 0 saturated carbocycles. The zero-order valence-electron chi connectivity index (χ0n) is 9.82. The van der Waals surface area contributed by atoms with Crippen LogP contribution in [0.15, 0.2) is 17.5 Å². The molecule has 6 heteroatoms. The third-order valence-electron chi connectivity index (χ3n) is 2.20. The second-order valence-corrected chi connectivity index (χ2v) is 5.17. The summed E-state index contributed by atoms with van der Waals surface area (Å²) in [6, 6.07) is 3.48. The Balaban J connectivity index is 2.28. The Morgan fingerprint density at radius 1 is 1.47 bits per heavy atom. The van der Waals surface area contributed by atoms with E-state index >= 15 is 0 Å². The van der Waals surface area contributed by atoms with Gasteiger partial charge in [0.1, 0.15) is 5.54 Å². The molecule has 17 heavy (non-hydrogen) atoms. The first-order chi connectivity index (χ1) is 7.92. The van der Waals surface area contributed by atoms with Gasteiger partial charge in [-0.25, -0.2) is 9.59 Å². The smallest absolute Gasteiger partial charge is 0.328 e. The SMILES string of the molecule is CC(C)(NC(=O)NCCc1cccs1)C(=O)O. The van der Waals surface area contributed by atoms with Gasteiger partial charge in [0, 0.05) is 11.4 Å². The first-order valence-corrected chi connectivity index (χ1v) is 6.11. The van der Waals surface area contributed by atoms with E-state index in [0.29, 0.717) is 6.54 Å². The summed E-state index contributed by atoms with van der Waals surface area (Å²) in [5.74, 6) is -1.06. The maximum Gasteiger partial charge on any atom is 0.328 e. The van der Waals surface area contributed by atoms with Crippen molar-refractivity contribution in [2.45, 2.75) is 25.8 Å². The summed E-state index contributed by atoms with van der Waals surface area (Å²) in [7, 11) is 0. The maximum absolute atomic E-state index is 11.4. The zero-order valence-corrected chi connectivity index (χ0v) is 10.6. The van der Waals surface area contributed by atoms with E-state index in [0.717, 1.165) is 6.42 Å². The van der Waals surface area contributed by atoms with E-state index < -0.39 is 17.5 Å². The number of urea groups is 1. The molecule has 0 aliphatic heterocycles. The molecule has 0 aliphatic rings. The lowest BCUT2D eigenvalue weighted by atomic mass is 10.1. The second-order valence-electron chi connectivity index (χ2n) is 4.14. The third-order valence-corrected chi connectivity index (χ3v) is 3.13. The number of nitrogens with one attached hydrogen (secondary N) is 2. The van der Waals surface area contributed by atoms with Gasteiger partial charge >= 0.3 is 12.0 Å². The molecule has 0 fully saturated rings. The van der Waals surface area contributed by atoms with E-state index in [1.165, 1.54) is 18.7 Å². The molecule has 1 aromatic heterocycles. The van der Waals surface area contributed by atoms with Crippen LogP contribution in [0.1, 0.15) is 18.7 Å². The van der Waals surface area contributed by atoms with Crippen LogP contribution in [0.2, 0.25) is 0 Å².